The van der Waals surface area contributed by atoms with Crippen LogP contribution in [0.25, 0.3) is 21.9 Å². The van der Waals surface area contributed by atoms with Crippen molar-refractivity contribution in [2.24, 2.45) is 0 Å². The largest absolute Gasteiger partial charge is 0.481 e. The highest BCUT2D eigenvalue weighted by Gasteiger charge is 2.34. The van der Waals surface area contributed by atoms with Crippen LogP contribution in [-0.2, 0) is 23.9 Å². The number of benzene rings is 3. The quantitative estimate of drug-likeness (QED) is 0.473. The molecule has 0 bridgehead atoms. The Bertz CT molecular complexity index is 1120. The minimum Gasteiger partial charge on any atom is -0.481 e. The highest BCUT2D eigenvalue weighted by Crippen LogP contribution is 2.40. The van der Waals surface area contributed by atoms with E-state index in [1.165, 1.54) is 12.5 Å². The van der Waals surface area contributed by atoms with Crippen LogP contribution in [0.2, 0.25) is 0 Å². The van der Waals surface area contributed by atoms with Crippen LogP contribution in [-0.4, -0.2) is 29.1 Å². The SMILES string of the molecule is O=C(O)CCc1cccc2c(-c3cc(CN4CCCCC4)ccc3C(F)(F)F)cccc12. The summed E-state index contributed by atoms with van der Waals surface area (Å²) in [5.74, 6) is -0.900. The minimum absolute atomic E-state index is 0.0253. The van der Waals surface area contributed by atoms with Gasteiger partial charge in [-0.05, 0) is 77.5 Å². The zero-order valence-corrected chi connectivity index (χ0v) is 17.8. The first-order chi connectivity index (χ1) is 15.3. The first-order valence-corrected chi connectivity index (χ1v) is 11.0. The van der Waals surface area contributed by atoms with Gasteiger partial charge < -0.3 is 5.11 Å². The standard InChI is InChI=1S/C26H26F3NO2/c27-26(28,29)24-12-10-18(17-30-14-2-1-3-15-30)16-23(24)22-9-5-7-20-19(11-13-25(31)32)6-4-8-21(20)22/h4-10,12,16H,1-3,11,13-15,17H2,(H,31,32). The third-order valence-electron chi connectivity index (χ3n) is 6.15. The topological polar surface area (TPSA) is 40.5 Å². The molecule has 4 rings (SSSR count). The average molecular weight is 441 g/mol. The van der Waals surface area contributed by atoms with Gasteiger partial charge in [0.1, 0.15) is 0 Å². The van der Waals surface area contributed by atoms with E-state index in [1.807, 2.05) is 18.2 Å². The molecule has 0 unspecified atom stereocenters. The van der Waals surface area contributed by atoms with Crippen molar-refractivity contribution < 1.29 is 23.1 Å². The lowest BCUT2D eigenvalue weighted by atomic mass is 9.90. The van der Waals surface area contributed by atoms with Crippen LogP contribution in [0.4, 0.5) is 13.2 Å². The summed E-state index contributed by atoms with van der Waals surface area (Å²) in [7, 11) is 0. The molecule has 1 aliphatic heterocycles. The summed E-state index contributed by atoms with van der Waals surface area (Å²) in [5.41, 5.74) is 1.74. The lowest BCUT2D eigenvalue weighted by molar-refractivity contribution is -0.137. The smallest absolute Gasteiger partial charge is 0.417 e. The number of hydrogen-bond donors (Lipinski definition) is 1. The Morgan fingerprint density at radius 3 is 2.34 bits per heavy atom. The number of halogens is 3. The number of likely N-dealkylation sites (tertiary alicyclic amines) is 1. The second-order valence-electron chi connectivity index (χ2n) is 8.43. The summed E-state index contributed by atoms with van der Waals surface area (Å²) in [6, 6.07) is 15.2. The molecule has 1 heterocycles. The Kier molecular flexibility index (Phi) is 6.51. The number of aliphatic carboxylic acids is 1. The average Bonchev–Trinajstić information content (AvgIpc) is 2.77. The van der Waals surface area contributed by atoms with Gasteiger partial charge in [0.05, 0.1) is 5.56 Å². The van der Waals surface area contributed by atoms with Crippen molar-refractivity contribution in [3.63, 3.8) is 0 Å². The van der Waals surface area contributed by atoms with Gasteiger partial charge in [-0.15, -0.1) is 0 Å². The fourth-order valence-electron chi connectivity index (χ4n) is 4.61. The van der Waals surface area contributed by atoms with E-state index in [0.717, 1.165) is 42.4 Å². The van der Waals surface area contributed by atoms with Crippen LogP contribution in [0.3, 0.4) is 0 Å². The lowest BCUT2D eigenvalue weighted by Gasteiger charge is -2.27. The molecule has 1 fully saturated rings. The van der Waals surface area contributed by atoms with Crippen molar-refractivity contribution in [2.45, 2.75) is 44.8 Å². The maximum Gasteiger partial charge on any atom is 0.417 e. The number of fused-ring (bicyclic) bond motifs is 1. The van der Waals surface area contributed by atoms with Gasteiger partial charge in [0.15, 0.2) is 0 Å². The Morgan fingerprint density at radius 2 is 1.62 bits per heavy atom. The first kappa shape index (κ1) is 22.3. The van der Waals surface area contributed by atoms with Gasteiger partial charge in [-0.3, -0.25) is 9.69 Å². The Balaban J connectivity index is 1.80. The fourth-order valence-corrected chi connectivity index (χ4v) is 4.61. The van der Waals surface area contributed by atoms with Crippen LogP contribution in [0.15, 0.2) is 54.6 Å². The third-order valence-corrected chi connectivity index (χ3v) is 6.15. The molecule has 0 amide bonds. The van der Waals surface area contributed by atoms with E-state index in [-0.39, 0.29) is 12.0 Å². The van der Waals surface area contributed by atoms with Crippen LogP contribution < -0.4 is 0 Å². The summed E-state index contributed by atoms with van der Waals surface area (Å²) < 4.78 is 41.8. The van der Waals surface area contributed by atoms with Gasteiger partial charge in [0, 0.05) is 13.0 Å². The van der Waals surface area contributed by atoms with E-state index in [1.54, 1.807) is 30.3 Å². The van der Waals surface area contributed by atoms with Crippen molar-refractivity contribution in [1.29, 1.82) is 0 Å². The van der Waals surface area contributed by atoms with Gasteiger partial charge in [-0.1, -0.05) is 48.9 Å². The summed E-state index contributed by atoms with van der Waals surface area (Å²) in [4.78, 5) is 13.3. The number of carboxylic acid groups (broad SMARTS) is 1. The molecule has 1 saturated heterocycles. The molecule has 1 aliphatic rings. The summed E-state index contributed by atoms with van der Waals surface area (Å²) in [6.45, 7) is 2.58. The van der Waals surface area contributed by atoms with Crippen molar-refractivity contribution in [1.82, 2.24) is 4.90 Å². The molecule has 0 spiro atoms. The predicted octanol–water partition coefficient (Wildman–Crippen LogP) is 6.53. The second kappa shape index (κ2) is 9.33. The molecule has 0 aromatic heterocycles. The molecular formula is C26H26F3NO2. The molecule has 168 valence electrons. The van der Waals surface area contributed by atoms with Gasteiger partial charge in [-0.2, -0.15) is 13.2 Å². The monoisotopic (exact) mass is 441 g/mol. The number of carboxylic acids is 1. The maximum atomic E-state index is 13.9. The van der Waals surface area contributed by atoms with Crippen molar-refractivity contribution in [2.75, 3.05) is 13.1 Å². The summed E-state index contributed by atoms with van der Waals surface area (Å²) >= 11 is 0. The lowest BCUT2D eigenvalue weighted by Crippen LogP contribution is -2.29. The third kappa shape index (κ3) is 4.96. The van der Waals surface area contributed by atoms with Crippen LogP contribution >= 0.6 is 0 Å². The molecule has 3 aromatic rings. The highest BCUT2D eigenvalue weighted by molar-refractivity contribution is 5.99. The molecular weight excluding hydrogens is 415 g/mol. The molecule has 6 heteroatoms. The van der Waals surface area contributed by atoms with E-state index in [9.17, 15) is 18.0 Å². The number of hydrogen-bond acceptors (Lipinski definition) is 2. The second-order valence-corrected chi connectivity index (χ2v) is 8.43. The van der Waals surface area contributed by atoms with Crippen molar-refractivity contribution >= 4 is 16.7 Å². The van der Waals surface area contributed by atoms with Crippen LogP contribution in [0, 0.1) is 0 Å². The van der Waals surface area contributed by atoms with E-state index < -0.39 is 17.7 Å². The zero-order valence-electron chi connectivity index (χ0n) is 17.8. The van der Waals surface area contributed by atoms with Crippen LogP contribution in [0.5, 0.6) is 0 Å². The molecule has 3 nitrogen and oxygen atoms in total. The molecule has 0 saturated carbocycles. The minimum atomic E-state index is -4.47. The van der Waals surface area contributed by atoms with Crippen molar-refractivity contribution in [3.8, 4) is 11.1 Å². The van der Waals surface area contributed by atoms with Gasteiger partial charge in [-0.25, -0.2) is 0 Å². The van der Waals surface area contributed by atoms with E-state index >= 15 is 0 Å². The predicted molar refractivity (Wildman–Crippen MR) is 119 cm³/mol. The molecule has 3 aromatic carbocycles. The maximum absolute atomic E-state index is 13.9. The molecule has 1 N–H and O–H groups in total. The number of alkyl halides is 3. The van der Waals surface area contributed by atoms with E-state index in [0.29, 0.717) is 23.9 Å². The molecule has 0 atom stereocenters. The van der Waals surface area contributed by atoms with Crippen LogP contribution in [0.1, 0.15) is 42.4 Å². The highest BCUT2D eigenvalue weighted by atomic mass is 19.4. The number of aryl methyl sites for hydroxylation is 1. The Morgan fingerprint density at radius 1 is 0.906 bits per heavy atom. The van der Waals surface area contributed by atoms with E-state index in [2.05, 4.69) is 4.90 Å². The molecule has 0 aliphatic carbocycles. The van der Waals surface area contributed by atoms with E-state index in [4.69, 9.17) is 5.11 Å². The Hall–Kier alpha value is -2.86. The molecule has 32 heavy (non-hydrogen) atoms. The number of nitrogens with zero attached hydrogens (tertiary/aromatic N) is 1. The van der Waals surface area contributed by atoms with Gasteiger partial charge in [0.25, 0.3) is 0 Å². The number of piperidine rings is 1. The fraction of sp³-hybridized carbons (Fsp3) is 0.346. The zero-order chi connectivity index (χ0) is 22.7. The summed E-state index contributed by atoms with van der Waals surface area (Å²) in [5, 5.41) is 10.5. The number of carbonyl (C=O) groups is 1. The normalized spacial score (nSPS) is 15.2. The first-order valence-electron chi connectivity index (χ1n) is 11.0. The summed E-state index contributed by atoms with van der Waals surface area (Å²) in [6.07, 6.45) is -0.720. The van der Waals surface area contributed by atoms with Crippen molar-refractivity contribution in [3.05, 3.63) is 71.3 Å². The van der Waals surface area contributed by atoms with Gasteiger partial charge >= 0.3 is 12.1 Å². The van der Waals surface area contributed by atoms with Gasteiger partial charge in [0.2, 0.25) is 0 Å². The molecule has 0 radical (unpaired) electrons. The number of rotatable bonds is 6. The Labute approximate surface area is 185 Å².